The minimum absolute atomic E-state index is 0.219. The van der Waals surface area contributed by atoms with Crippen LogP contribution in [0, 0.1) is 5.92 Å². The quantitative estimate of drug-likeness (QED) is 0.733. The molecule has 1 aliphatic rings. The largest absolute Gasteiger partial charge is 0.368 e. The molecular formula is C12H21N5O2S. The van der Waals surface area contributed by atoms with Gasteiger partial charge in [0.25, 0.3) is 0 Å². The third-order valence-corrected chi connectivity index (χ3v) is 5.17. The lowest BCUT2D eigenvalue weighted by molar-refractivity contribution is 0.360. The molecule has 0 aromatic carbocycles. The zero-order valence-corrected chi connectivity index (χ0v) is 12.4. The summed E-state index contributed by atoms with van der Waals surface area (Å²) >= 11 is 0. The van der Waals surface area contributed by atoms with Crippen LogP contribution in [0.15, 0.2) is 12.3 Å². The van der Waals surface area contributed by atoms with Crippen molar-refractivity contribution < 1.29 is 8.42 Å². The molecule has 7 nitrogen and oxygen atoms in total. The molecule has 1 aromatic heterocycles. The van der Waals surface area contributed by atoms with Crippen LogP contribution in [-0.4, -0.2) is 37.2 Å². The predicted octanol–water partition coefficient (Wildman–Crippen LogP) is 0.579. The number of sulfonamides is 1. The molecule has 0 unspecified atom stereocenters. The van der Waals surface area contributed by atoms with Gasteiger partial charge in [0.05, 0.1) is 5.75 Å². The second-order valence-corrected chi connectivity index (χ2v) is 7.12. The van der Waals surface area contributed by atoms with Crippen LogP contribution in [0.5, 0.6) is 0 Å². The van der Waals surface area contributed by atoms with Crippen LogP contribution >= 0.6 is 0 Å². The predicted molar refractivity (Wildman–Crippen MR) is 78.7 cm³/mol. The first-order valence-electron chi connectivity index (χ1n) is 6.75. The number of aromatic nitrogens is 2. The molecule has 1 fully saturated rings. The van der Waals surface area contributed by atoms with Gasteiger partial charge in [0.1, 0.15) is 5.82 Å². The maximum atomic E-state index is 11.5. The second kappa shape index (κ2) is 6.36. The molecule has 1 aromatic rings. The van der Waals surface area contributed by atoms with Gasteiger partial charge in [-0.15, -0.1) is 0 Å². The Labute approximate surface area is 119 Å². The zero-order valence-electron chi connectivity index (χ0n) is 11.5. The van der Waals surface area contributed by atoms with E-state index >= 15 is 0 Å². The molecule has 1 aliphatic carbocycles. The monoisotopic (exact) mass is 299 g/mol. The number of hydrogen-bond acceptors (Lipinski definition) is 6. The fraction of sp³-hybridized carbons (Fsp3) is 0.667. The highest BCUT2D eigenvalue weighted by molar-refractivity contribution is 7.89. The average molecular weight is 299 g/mol. The van der Waals surface area contributed by atoms with E-state index < -0.39 is 10.0 Å². The summed E-state index contributed by atoms with van der Waals surface area (Å²) in [5.41, 5.74) is 5.53. The van der Waals surface area contributed by atoms with Crippen LogP contribution in [0.4, 0.5) is 11.8 Å². The smallest absolute Gasteiger partial charge is 0.221 e. The highest BCUT2D eigenvalue weighted by Gasteiger charge is 2.25. The summed E-state index contributed by atoms with van der Waals surface area (Å²) in [7, 11) is -1.65. The molecular weight excluding hydrogens is 278 g/mol. The van der Waals surface area contributed by atoms with E-state index in [0.717, 1.165) is 31.5 Å². The topological polar surface area (TPSA) is 110 Å². The van der Waals surface area contributed by atoms with Gasteiger partial charge in [-0.25, -0.2) is 18.1 Å². The SMILES string of the molecule is CNS(=O)(=O)CC1CCC(Nc2ccnc(N)n2)CC1. The molecule has 20 heavy (non-hydrogen) atoms. The van der Waals surface area contributed by atoms with E-state index in [1.165, 1.54) is 7.05 Å². The summed E-state index contributed by atoms with van der Waals surface area (Å²) in [5, 5.41) is 3.32. The van der Waals surface area contributed by atoms with Crippen LogP contribution in [-0.2, 0) is 10.0 Å². The number of nitrogens with zero attached hydrogens (tertiary/aromatic N) is 2. The van der Waals surface area contributed by atoms with E-state index in [0.29, 0.717) is 6.04 Å². The van der Waals surface area contributed by atoms with Crippen molar-refractivity contribution in [1.29, 1.82) is 0 Å². The van der Waals surface area contributed by atoms with Gasteiger partial charge in [-0.2, -0.15) is 4.98 Å². The van der Waals surface area contributed by atoms with Gasteiger partial charge in [-0.1, -0.05) is 0 Å². The Balaban J connectivity index is 1.83. The van der Waals surface area contributed by atoms with E-state index in [9.17, 15) is 8.42 Å². The van der Waals surface area contributed by atoms with Gasteiger partial charge in [0, 0.05) is 12.2 Å². The van der Waals surface area contributed by atoms with Crippen LogP contribution in [0.3, 0.4) is 0 Å². The number of nitrogens with two attached hydrogens (primary N) is 1. The molecule has 0 atom stereocenters. The highest BCUT2D eigenvalue weighted by atomic mass is 32.2. The van der Waals surface area contributed by atoms with Gasteiger partial charge in [0.2, 0.25) is 16.0 Å². The molecule has 4 N–H and O–H groups in total. The summed E-state index contributed by atoms with van der Waals surface area (Å²) in [4.78, 5) is 7.96. The van der Waals surface area contributed by atoms with E-state index in [2.05, 4.69) is 20.0 Å². The average Bonchev–Trinajstić information content (AvgIpc) is 2.41. The first kappa shape index (κ1) is 15.0. The Morgan fingerprint density at radius 3 is 2.65 bits per heavy atom. The molecule has 8 heteroatoms. The molecule has 0 radical (unpaired) electrons. The molecule has 1 heterocycles. The molecule has 2 rings (SSSR count). The standard InChI is InChI=1S/C12H21N5O2S/c1-14-20(18,19)8-9-2-4-10(5-3-9)16-11-6-7-15-12(13)17-11/h6-7,9-10,14H,2-5,8H2,1H3,(H3,13,15,16,17). The molecule has 112 valence electrons. The molecule has 1 saturated carbocycles. The zero-order chi connectivity index (χ0) is 14.6. The summed E-state index contributed by atoms with van der Waals surface area (Å²) in [5.74, 6) is 1.44. The van der Waals surface area contributed by atoms with Crippen LogP contribution in [0.25, 0.3) is 0 Å². The highest BCUT2D eigenvalue weighted by Crippen LogP contribution is 2.27. The van der Waals surface area contributed by atoms with Gasteiger partial charge in [-0.05, 0) is 44.7 Å². The second-order valence-electron chi connectivity index (χ2n) is 5.15. The Morgan fingerprint density at radius 1 is 1.35 bits per heavy atom. The summed E-state index contributed by atoms with van der Waals surface area (Å²) in [6.07, 6.45) is 5.30. The first-order valence-corrected chi connectivity index (χ1v) is 8.40. The Kier molecular flexibility index (Phi) is 4.77. The van der Waals surface area contributed by atoms with Crippen molar-refractivity contribution >= 4 is 21.8 Å². The van der Waals surface area contributed by atoms with E-state index in [4.69, 9.17) is 5.73 Å². The van der Waals surface area contributed by atoms with Crippen molar-refractivity contribution in [1.82, 2.24) is 14.7 Å². The lowest BCUT2D eigenvalue weighted by Crippen LogP contribution is -2.32. The number of nitrogens with one attached hydrogen (secondary N) is 2. The summed E-state index contributed by atoms with van der Waals surface area (Å²) < 4.78 is 25.4. The lowest BCUT2D eigenvalue weighted by Gasteiger charge is -2.29. The Bertz CT molecular complexity index is 541. The van der Waals surface area contributed by atoms with Crippen molar-refractivity contribution in [3.8, 4) is 0 Å². The first-order chi connectivity index (χ1) is 9.48. The fourth-order valence-electron chi connectivity index (χ4n) is 2.53. The molecule has 0 spiro atoms. The fourth-order valence-corrected chi connectivity index (χ4v) is 3.65. The molecule has 0 aliphatic heterocycles. The molecule has 0 amide bonds. The number of hydrogen-bond donors (Lipinski definition) is 3. The van der Waals surface area contributed by atoms with Gasteiger partial charge < -0.3 is 11.1 Å². The Hall–Kier alpha value is -1.41. The normalized spacial score (nSPS) is 23.4. The lowest BCUT2D eigenvalue weighted by atomic mass is 9.87. The maximum Gasteiger partial charge on any atom is 0.221 e. The third kappa shape index (κ3) is 4.31. The summed E-state index contributed by atoms with van der Waals surface area (Å²) in [6, 6.07) is 2.10. The molecule has 0 saturated heterocycles. The van der Waals surface area contributed by atoms with Crippen molar-refractivity contribution in [2.75, 3.05) is 23.9 Å². The maximum absolute atomic E-state index is 11.5. The summed E-state index contributed by atoms with van der Waals surface area (Å²) in [6.45, 7) is 0. The van der Waals surface area contributed by atoms with Crippen LogP contribution in [0.1, 0.15) is 25.7 Å². The van der Waals surface area contributed by atoms with E-state index in [-0.39, 0.29) is 17.6 Å². The van der Waals surface area contributed by atoms with Gasteiger partial charge in [0.15, 0.2) is 0 Å². The van der Waals surface area contributed by atoms with Crippen molar-refractivity contribution in [3.05, 3.63) is 12.3 Å². The van der Waals surface area contributed by atoms with Crippen molar-refractivity contribution in [2.45, 2.75) is 31.7 Å². The Morgan fingerprint density at radius 2 is 2.05 bits per heavy atom. The minimum Gasteiger partial charge on any atom is -0.368 e. The van der Waals surface area contributed by atoms with E-state index in [1.807, 2.05) is 0 Å². The number of nitrogen functional groups attached to an aromatic ring is 1. The minimum atomic E-state index is -3.11. The van der Waals surface area contributed by atoms with Crippen LogP contribution in [0.2, 0.25) is 0 Å². The number of rotatable bonds is 5. The molecule has 0 bridgehead atoms. The number of anilines is 2. The van der Waals surface area contributed by atoms with Gasteiger partial charge in [-0.3, -0.25) is 0 Å². The van der Waals surface area contributed by atoms with E-state index in [1.54, 1.807) is 12.3 Å². The van der Waals surface area contributed by atoms with Gasteiger partial charge >= 0.3 is 0 Å². The third-order valence-electron chi connectivity index (χ3n) is 3.64. The van der Waals surface area contributed by atoms with Crippen molar-refractivity contribution in [3.63, 3.8) is 0 Å². The van der Waals surface area contributed by atoms with Crippen molar-refractivity contribution in [2.24, 2.45) is 5.92 Å². The van der Waals surface area contributed by atoms with Crippen LogP contribution < -0.4 is 15.8 Å².